The molecule has 0 bridgehead atoms. The predicted molar refractivity (Wildman–Crippen MR) is 97.7 cm³/mol. The van der Waals surface area contributed by atoms with Crippen LogP contribution in [0.25, 0.3) is 22.4 Å². The van der Waals surface area contributed by atoms with Gasteiger partial charge in [0.15, 0.2) is 11.5 Å². The van der Waals surface area contributed by atoms with E-state index in [2.05, 4.69) is 22.6 Å². The summed E-state index contributed by atoms with van der Waals surface area (Å²) >= 11 is 0. The van der Waals surface area contributed by atoms with Gasteiger partial charge in [-0.25, -0.2) is 4.98 Å². The molecule has 1 heterocycles. The maximum atomic E-state index is 5.97. The standard InChI is InChI=1S/C20H22N2O2/c1-5-8-14-11-15(12-18(23-4)19(14)24-13(2)3)20-21-16-9-6-7-10-17(16)22-20/h5-7,9-13H,1,8H2,2-4H3,(H,21,22). The molecule has 0 radical (unpaired) electrons. The van der Waals surface area contributed by atoms with Crippen LogP contribution in [-0.2, 0) is 6.42 Å². The van der Waals surface area contributed by atoms with Crippen molar-refractivity contribution in [3.8, 4) is 22.9 Å². The number of imidazole rings is 1. The van der Waals surface area contributed by atoms with Crippen LogP contribution in [0.2, 0.25) is 0 Å². The third kappa shape index (κ3) is 3.13. The fourth-order valence-electron chi connectivity index (χ4n) is 2.71. The van der Waals surface area contributed by atoms with Gasteiger partial charge in [-0.05, 0) is 44.5 Å². The van der Waals surface area contributed by atoms with E-state index in [4.69, 9.17) is 9.47 Å². The molecule has 0 fully saturated rings. The topological polar surface area (TPSA) is 47.1 Å². The Morgan fingerprint density at radius 2 is 2.04 bits per heavy atom. The summed E-state index contributed by atoms with van der Waals surface area (Å²) in [4.78, 5) is 8.03. The summed E-state index contributed by atoms with van der Waals surface area (Å²) < 4.78 is 11.5. The second-order valence-electron chi connectivity index (χ2n) is 5.93. The second-order valence-corrected chi connectivity index (χ2v) is 5.93. The molecule has 0 unspecified atom stereocenters. The number of H-pyrrole nitrogens is 1. The Bertz CT molecular complexity index is 832. The van der Waals surface area contributed by atoms with Crippen molar-refractivity contribution in [3.05, 3.63) is 54.6 Å². The molecule has 1 N–H and O–H groups in total. The minimum atomic E-state index is 0.0690. The van der Waals surface area contributed by atoms with E-state index >= 15 is 0 Å². The molecule has 1 aromatic heterocycles. The zero-order valence-electron chi connectivity index (χ0n) is 14.3. The molecule has 24 heavy (non-hydrogen) atoms. The van der Waals surface area contributed by atoms with Crippen molar-refractivity contribution >= 4 is 11.0 Å². The van der Waals surface area contributed by atoms with Crippen LogP contribution in [0.4, 0.5) is 0 Å². The number of benzene rings is 2. The van der Waals surface area contributed by atoms with Gasteiger partial charge in [0.1, 0.15) is 5.82 Å². The minimum absolute atomic E-state index is 0.0690. The summed E-state index contributed by atoms with van der Waals surface area (Å²) in [5.41, 5.74) is 3.96. The van der Waals surface area contributed by atoms with Gasteiger partial charge in [0.25, 0.3) is 0 Å². The fraction of sp³-hybridized carbons (Fsp3) is 0.250. The first-order chi connectivity index (χ1) is 11.6. The number of nitrogens with zero attached hydrogens (tertiary/aromatic N) is 1. The van der Waals surface area contributed by atoms with Crippen LogP contribution in [0.3, 0.4) is 0 Å². The number of ether oxygens (including phenoxy) is 2. The smallest absolute Gasteiger partial charge is 0.165 e. The number of methoxy groups -OCH3 is 1. The van der Waals surface area contributed by atoms with Crippen LogP contribution in [0.15, 0.2) is 49.1 Å². The lowest BCUT2D eigenvalue weighted by atomic mass is 10.0. The Hall–Kier alpha value is -2.75. The number of rotatable bonds is 6. The zero-order valence-corrected chi connectivity index (χ0v) is 14.3. The van der Waals surface area contributed by atoms with Crippen LogP contribution >= 0.6 is 0 Å². The predicted octanol–water partition coefficient (Wildman–Crippen LogP) is 4.75. The van der Waals surface area contributed by atoms with Crippen molar-refractivity contribution in [1.29, 1.82) is 0 Å². The lowest BCUT2D eigenvalue weighted by Crippen LogP contribution is -2.09. The second kappa shape index (κ2) is 6.79. The Balaban J connectivity index is 2.13. The van der Waals surface area contributed by atoms with Gasteiger partial charge in [0.05, 0.1) is 24.2 Å². The van der Waals surface area contributed by atoms with Crippen LogP contribution < -0.4 is 9.47 Å². The Morgan fingerprint density at radius 3 is 2.71 bits per heavy atom. The summed E-state index contributed by atoms with van der Waals surface area (Å²) in [5.74, 6) is 2.29. The van der Waals surface area contributed by atoms with Gasteiger partial charge in [-0.2, -0.15) is 0 Å². The number of hydrogen-bond acceptors (Lipinski definition) is 3. The Kier molecular flexibility index (Phi) is 4.56. The highest BCUT2D eigenvalue weighted by Crippen LogP contribution is 2.37. The summed E-state index contributed by atoms with van der Waals surface area (Å²) in [6, 6.07) is 12.0. The average Bonchev–Trinajstić information content (AvgIpc) is 3.00. The van der Waals surface area contributed by atoms with Gasteiger partial charge >= 0.3 is 0 Å². The average molecular weight is 322 g/mol. The highest BCUT2D eigenvalue weighted by atomic mass is 16.5. The molecule has 3 aromatic rings. The van der Waals surface area contributed by atoms with Gasteiger partial charge in [-0.1, -0.05) is 18.2 Å². The molecule has 3 rings (SSSR count). The summed E-state index contributed by atoms with van der Waals surface area (Å²) in [7, 11) is 1.66. The first kappa shape index (κ1) is 16.1. The van der Waals surface area contributed by atoms with Crippen molar-refractivity contribution < 1.29 is 9.47 Å². The molecule has 0 saturated heterocycles. The van der Waals surface area contributed by atoms with Gasteiger partial charge < -0.3 is 14.5 Å². The number of hydrogen-bond donors (Lipinski definition) is 1. The Labute approximate surface area is 142 Å². The summed E-state index contributed by atoms with van der Waals surface area (Å²) in [5, 5.41) is 0. The van der Waals surface area contributed by atoms with E-state index < -0.39 is 0 Å². The normalized spacial score (nSPS) is 11.0. The third-order valence-corrected chi connectivity index (χ3v) is 3.73. The van der Waals surface area contributed by atoms with Crippen molar-refractivity contribution in [2.75, 3.05) is 7.11 Å². The lowest BCUT2D eigenvalue weighted by molar-refractivity contribution is 0.228. The highest BCUT2D eigenvalue weighted by molar-refractivity contribution is 5.80. The maximum Gasteiger partial charge on any atom is 0.165 e. The molecule has 0 atom stereocenters. The molecule has 0 aliphatic carbocycles. The molecular formula is C20H22N2O2. The van der Waals surface area contributed by atoms with Crippen molar-refractivity contribution in [2.24, 2.45) is 0 Å². The molecule has 4 heteroatoms. The van der Waals surface area contributed by atoms with E-state index in [1.807, 2.05) is 50.3 Å². The highest BCUT2D eigenvalue weighted by Gasteiger charge is 2.16. The molecule has 124 valence electrons. The van der Waals surface area contributed by atoms with E-state index in [1.165, 1.54) is 0 Å². The molecular weight excluding hydrogens is 300 g/mol. The van der Waals surface area contributed by atoms with Crippen molar-refractivity contribution in [3.63, 3.8) is 0 Å². The number of aromatic amines is 1. The first-order valence-electron chi connectivity index (χ1n) is 8.06. The molecule has 0 amide bonds. The van der Waals surface area contributed by atoms with Crippen LogP contribution in [0.5, 0.6) is 11.5 Å². The number of allylic oxidation sites excluding steroid dienone is 1. The largest absolute Gasteiger partial charge is 0.493 e. The number of para-hydroxylation sites is 2. The number of nitrogens with one attached hydrogen (secondary N) is 1. The molecule has 0 saturated carbocycles. The lowest BCUT2D eigenvalue weighted by Gasteiger charge is -2.18. The number of aromatic nitrogens is 2. The monoisotopic (exact) mass is 322 g/mol. The van der Waals surface area contributed by atoms with Crippen LogP contribution in [-0.4, -0.2) is 23.2 Å². The van der Waals surface area contributed by atoms with E-state index in [0.29, 0.717) is 12.2 Å². The maximum absolute atomic E-state index is 5.97. The molecule has 2 aromatic carbocycles. The Morgan fingerprint density at radius 1 is 1.25 bits per heavy atom. The van der Waals surface area contributed by atoms with Crippen molar-refractivity contribution in [2.45, 2.75) is 26.4 Å². The van der Waals surface area contributed by atoms with Gasteiger partial charge in [-0.3, -0.25) is 0 Å². The molecule has 0 spiro atoms. The minimum Gasteiger partial charge on any atom is -0.493 e. The summed E-state index contributed by atoms with van der Waals surface area (Å²) in [6.07, 6.45) is 2.64. The van der Waals surface area contributed by atoms with Crippen molar-refractivity contribution in [1.82, 2.24) is 9.97 Å². The SMILES string of the molecule is C=CCc1cc(-c2nc3ccccc3[nH]2)cc(OC)c1OC(C)C. The fourth-order valence-corrected chi connectivity index (χ4v) is 2.71. The van der Waals surface area contributed by atoms with Crippen LogP contribution in [0.1, 0.15) is 19.4 Å². The quantitative estimate of drug-likeness (QED) is 0.666. The van der Waals surface area contributed by atoms with Gasteiger partial charge in [0.2, 0.25) is 0 Å². The zero-order chi connectivity index (χ0) is 17.1. The molecule has 4 nitrogen and oxygen atoms in total. The van der Waals surface area contributed by atoms with E-state index in [0.717, 1.165) is 33.7 Å². The van der Waals surface area contributed by atoms with E-state index in [9.17, 15) is 0 Å². The first-order valence-corrected chi connectivity index (χ1v) is 8.06. The van der Waals surface area contributed by atoms with Crippen LogP contribution in [0, 0.1) is 0 Å². The molecule has 0 aliphatic rings. The van der Waals surface area contributed by atoms with Gasteiger partial charge in [0, 0.05) is 11.1 Å². The molecule has 0 aliphatic heterocycles. The number of fused-ring (bicyclic) bond motifs is 1. The van der Waals surface area contributed by atoms with Gasteiger partial charge in [-0.15, -0.1) is 6.58 Å². The summed E-state index contributed by atoms with van der Waals surface area (Å²) in [6.45, 7) is 7.86. The van der Waals surface area contributed by atoms with E-state index in [-0.39, 0.29) is 6.10 Å². The van der Waals surface area contributed by atoms with E-state index in [1.54, 1.807) is 7.11 Å². The third-order valence-electron chi connectivity index (χ3n) is 3.73.